The van der Waals surface area contributed by atoms with E-state index >= 15 is 0 Å². The van der Waals surface area contributed by atoms with Crippen LogP contribution < -0.4 is 0 Å². The fourth-order valence-corrected chi connectivity index (χ4v) is 3.20. The van der Waals surface area contributed by atoms with Crippen molar-refractivity contribution in [2.45, 2.75) is 25.9 Å². The first-order valence-corrected chi connectivity index (χ1v) is 8.62. The quantitative estimate of drug-likeness (QED) is 0.662. The monoisotopic (exact) mass is 330 g/mol. The van der Waals surface area contributed by atoms with Crippen LogP contribution in [0.1, 0.15) is 45.6 Å². The summed E-state index contributed by atoms with van der Waals surface area (Å²) in [6.07, 6.45) is 0.413. The minimum atomic E-state index is -1.13. The van der Waals surface area contributed by atoms with Crippen molar-refractivity contribution in [1.29, 1.82) is 0 Å². The van der Waals surface area contributed by atoms with E-state index in [4.69, 9.17) is 0 Å². The van der Waals surface area contributed by atoms with Crippen LogP contribution in [0.25, 0.3) is 0 Å². The van der Waals surface area contributed by atoms with E-state index in [9.17, 15) is 9.90 Å². The molecule has 0 aliphatic rings. The number of carbonyl (C=O) groups is 1. The lowest BCUT2D eigenvalue weighted by Gasteiger charge is -2.16. The number of aliphatic hydroxyl groups excluding tert-OH is 1. The van der Waals surface area contributed by atoms with Gasteiger partial charge in [-0.05, 0) is 35.1 Å². The van der Waals surface area contributed by atoms with Crippen molar-refractivity contribution in [3.05, 3.63) is 107 Å². The van der Waals surface area contributed by atoms with Crippen LogP contribution in [-0.4, -0.2) is 10.9 Å². The summed E-state index contributed by atoms with van der Waals surface area (Å²) in [6, 6.07) is 25.1. The zero-order chi connectivity index (χ0) is 17.6. The Labute approximate surface area is 148 Å². The van der Waals surface area contributed by atoms with E-state index in [2.05, 4.69) is 25.1 Å². The predicted molar refractivity (Wildman–Crippen MR) is 101 cm³/mol. The third kappa shape index (κ3) is 3.86. The molecule has 0 saturated carbocycles. The number of hydrogen-bond donors (Lipinski definition) is 1. The smallest absolute Gasteiger partial charge is 0.196 e. The van der Waals surface area contributed by atoms with Crippen LogP contribution in [0.15, 0.2) is 78.9 Å². The summed E-state index contributed by atoms with van der Waals surface area (Å²) in [6.45, 7) is 2.05. The Morgan fingerprint density at radius 1 is 0.880 bits per heavy atom. The van der Waals surface area contributed by atoms with Gasteiger partial charge in [0.15, 0.2) is 5.78 Å². The highest BCUT2D eigenvalue weighted by molar-refractivity contribution is 6.01. The molecule has 3 aromatic rings. The SMILES string of the molecule is CCc1c(Cc2ccccc2)cccc1C(=O)C(O)c1ccccc1. The van der Waals surface area contributed by atoms with Crippen LogP contribution in [0, 0.1) is 0 Å². The van der Waals surface area contributed by atoms with Crippen molar-refractivity contribution < 1.29 is 9.90 Å². The van der Waals surface area contributed by atoms with Gasteiger partial charge >= 0.3 is 0 Å². The van der Waals surface area contributed by atoms with Gasteiger partial charge in [-0.3, -0.25) is 4.79 Å². The maximum absolute atomic E-state index is 12.9. The van der Waals surface area contributed by atoms with Crippen LogP contribution in [0.5, 0.6) is 0 Å². The van der Waals surface area contributed by atoms with Gasteiger partial charge in [-0.15, -0.1) is 0 Å². The van der Waals surface area contributed by atoms with E-state index in [1.54, 1.807) is 12.1 Å². The number of carbonyl (C=O) groups excluding carboxylic acids is 1. The summed E-state index contributed by atoms with van der Waals surface area (Å²) >= 11 is 0. The van der Waals surface area contributed by atoms with E-state index in [0.29, 0.717) is 11.1 Å². The molecule has 0 heterocycles. The second-order valence-corrected chi connectivity index (χ2v) is 6.14. The highest BCUT2D eigenvalue weighted by Crippen LogP contribution is 2.25. The predicted octanol–water partition coefficient (Wildman–Crippen LogP) is 4.76. The van der Waals surface area contributed by atoms with Crippen LogP contribution in [0.2, 0.25) is 0 Å². The number of rotatable bonds is 6. The van der Waals surface area contributed by atoms with Gasteiger partial charge in [0, 0.05) is 5.56 Å². The summed E-state index contributed by atoms with van der Waals surface area (Å²) in [5.41, 5.74) is 4.62. The van der Waals surface area contributed by atoms with Crippen molar-refractivity contribution in [2.24, 2.45) is 0 Å². The molecular weight excluding hydrogens is 308 g/mol. The van der Waals surface area contributed by atoms with E-state index in [0.717, 1.165) is 24.0 Å². The summed E-state index contributed by atoms with van der Waals surface area (Å²) in [4.78, 5) is 12.9. The highest BCUT2D eigenvalue weighted by atomic mass is 16.3. The third-order valence-electron chi connectivity index (χ3n) is 4.49. The Morgan fingerprint density at radius 3 is 2.16 bits per heavy atom. The Bertz CT molecular complexity index is 838. The molecule has 0 aliphatic heterocycles. The Kier molecular flexibility index (Phi) is 5.42. The van der Waals surface area contributed by atoms with Crippen LogP contribution in [0.4, 0.5) is 0 Å². The lowest BCUT2D eigenvalue weighted by Crippen LogP contribution is -2.15. The fraction of sp³-hybridized carbons (Fsp3) is 0.174. The highest BCUT2D eigenvalue weighted by Gasteiger charge is 2.22. The average molecular weight is 330 g/mol. The molecule has 0 spiro atoms. The van der Waals surface area contributed by atoms with Crippen LogP contribution in [-0.2, 0) is 12.8 Å². The van der Waals surface area contributed by atoms with Crippen molar-refractivity contribution in [2.75, 3.05) is 0 Å². The molecule has 1 unspecified atom stereocenters. The zero-order valence-electron chi connectivity index (χ0n) is 14.4. The molecule has 3 rings (SSSR count). The molecule has 2 heteroatoms. The third-order valence-corrected chi connectivity index (χ3v) is 4.49. The standard InChI is InChI=1S/C23H22O2/c1-2-20-19(16-17-10-5-3-6-11-17)14-9-15-21(20)23(25)22(24)18-12-7-4-8-13-18/h3-15,22,24H,2,16H2,1H3. The first-order valence-electron chi connectivity index (χ1n) is 8.62. The molecule has 0 radical (unpaired) electrons. The fourth-order valence-electron chi connectivity index (χ4n) is 3.20. The lowest BCUT2D eigenvalue weighted by molar-refractivity contribution is 0.0746. The zero-order valence-corrected chi connectivity index (χ0v) is 14.4. The summed E-state index contributed by atoms with van der Waals surface area (Å²) in [5, 5.41) is 10.5. The number of hydrogen-bond acceptors (Lipinski definition) is 2. The molecule has 25 heavy (non-hydrogen) atoms. The maximum atomic E-state index is 12.9. The number of benzene rings is 3. The minimum absolute atomic E-state index is 0.238. The number of ketones is 1. The summed E-state index contributed by atoms with van der Waals surface area (Å²) in [5.74, 6) is -0.238. The van der Waals surface area contributed by atoms with E-state index in [1.807, 2.05) is 48.5 Å². The molecule has 2 nitrogen and oxygen atoms in total. The van der Waals surface area contributed by atoms with Gasteiger partial charge in [-0.2, -0.15) is 0 Å². The molecule has 1 N–H and O–H groups in total. The van der Waals surface area contributed by atoms with Gasteiger partial charge in [0.25, 0.3) is 0 Å². The largest absolute Gasteiger partial charge is 0.380 e. The van der Waals surface area contributed by atoms with Gasteiger partial charge in [-0.1, -0.05) is 85.8 Å². The Balaban J connectivity index is 1.94. The molecule has 0 amide bonds. The number of Topliss-reactive ketones (excluding diaryl/α,β-unsaturated/α-hetero) is 1. The van der Waals surface area contributed by atoms with E-state index < -0.39 is 6.10 Å². The van der Waals surface area contributed by atoms with E-state index in [-0.39, 0.29) is 5.78 Å². The second-order valence-electron chi connectivity index (χ2n) is 6.14. The molecule has 0 aromatic heterocycles. The normalized spacial score (nSPS) is 11.9. The van der Waals surface area contributed by atoms with Crippen LogP contribution >= 0.6 is 0 Å². The molecule has 0 fully saturated rings. The van der Waals surface area contributed by atoms with E-state index in [1.165, 1.54) is 5.56 Å². The first-order chi connectivity index (χ1) is 12.2. The molecule has 0 saturated heterocycles. The summed E-state index contributed by atoms with van der Waals surface area (Å²) < 4.78 is 0. The number of aliphatic hydroxyl groups is 1. The van der Waals surface area contributed by atoms with Crippen molar-refractivity contribution in [3.63, 3.8) is 0 Å². The topological polar surface area (TPSA) is 37.3 Å². The molecule has 126 valence electrons. The Hall–Kier alpha value is -2.71. The molecule has 1 atom stereocenters. The second kappa shape index (κ2) is 7.91. The average Bonchev–Trinajstić information content (AvgIpc) is 2.68. The molecule has 3 aromatic carbocycles. The van der Waals surface area contributed by atoms with Gasteiger partial charge < -0.3 is 5.11 Å². The first kappa shape index (κ1) is 17.1. The molecule has 0 bridgehead atoms. The Morgan fingerprint density at radius 2 is 1.52 bits per heavy atom. The maximum Gasteiger partial charge on any atom is 0.196 e. The van der Waals surface area contributed by atoms with Gasteiger partial charge in [0.1, 0.15) is 6.10 Å². The minimum Gasteiger partial charge on any atom is -0.380 e. The molecular formula is C23H22O2. The lowest BCUT2D eigenvalue weighted by atomic mass is 9.89. The van der Waals surface area contributed by atoms with Crippen molar-refractivity contribution in [3.8, 4) is 0 Å². The van der Waals surface area contributed by atoms with Gasteiger partial charge in [-0.25, -0.2) is 0 Å². The van der Waals surface area contributed by atoms with Gasteiger partial charge in [0.2, 0.25) is 0 Å². The van der Waals surface area contributed by atoms with Gasteiger partial charge in [0.05, 0.1) is 0 Å². The van der Waals surface area contributed by atoms with Crippen LogP contribution in [0.3, 0.4) is 0 Å². The summed E-state index contributed by atoms with van der Waals surface area (Å²) in [7, 11) is 0. The van der Waals surface area contributed by atoms with Crippen molar-refractivity contribution >= 4 is 5.78 Å². The molecule has 0 aliphatic carbocycles. The van der Waals surface area contributed by atoms with Crippen molar-refractivity contribution in [1.82, 2.24) is 0 Å².